The van der Waals surface area contributed by atoms with Crippen LogP contribution in [0, 0.1) is 0 Å². The van der Waals surface area contributed by atoms with Crippen molar-refractivity contribution in [3.63, 3.8) is 0 Å². The van der Waals surface area contributed by atoms with Gasteiger partial charge in [0.1, 0.15) is 0 Å². The molecule has 0 unspecified atom stereocenters. The topological polar surface area (TPSA) is 26.3 Å². The summed E-state index contributed by atoms with van der Waals surface area (Å²) in [5, 5.41) is 0.962. The van der Waals surface area contributed by atoms with E-state index in [1.807, 2.05) is 6.92 Å². The van der Waals surface area contributed by atoms with Crippen molar-refractivity contribution in [2.24, 2.45) is 0 Å². The molecule has 0 aromatic rings. The number of carbonyl (C=O) groups is 1. The van der Waals surface area contributed by atoms with Crippen LogP contribution in [-0.4, -0.2) is 28.7 Å². The lowest BCUT2D eigenvalue weighted by atomic mass is 10.6. The van der Waals surface area contributed by atoms with Gasteiger partial charge in [-0.25, -0.2) is 4.79 Å². The Bertz CT molecular complexity index is 257. The molecule has 4 heteroatoms. The lowest BCUT2D eigenvalue weighted by molar-refractivity contribution is -0.137. The van der Waals surface area contributed by atoms with E-state index in [0.29, 0.717) is 6.61 Å². The molecule has 88 valence electrons. The lowest BCUT2D eigenvalue weighted by Gasteiger charge is -2.22. The fraction of sp³-hybridized carbons (Fsp3) is 0.727. The summed E-state index contributed by atoms with van der Waals surface area (Å²) in [6.45, 7) is 15.6. The van der Waals surface area contributed by atoms with E-state index < -0.39 is 16.1 Å². The summed E-state index contributed by atoms with van der Waals surface area (Å²) in [5.41, 5.74) is 2.21. The quantitative estimate of drug-likeness (QED) is 0.431. The highest BCUT2D eigenvalue weighted by molar-refractivity contribution is 6.90. The predicted molar refractivity (Wildman–Crippen MR) is 71.4 cm³/mol. The standard InChI is InChI=1S/C11H24O2Si2/c1-8-13-11(12)10(15(5,6)7)9-14(2,3)4/h9H,8H2,1-7H3/b10-9+. The predicted octanol–water partition coefficient (Wildman–Crippen LogP) is 3.23. The van der Waals surface area contributed by atoms with Gasteiger partial charge < -0.3 is 4.74 Å². The third kappa shape index (κ3) is 5.94. The van der Waals surface area contributed by atoms with E-state index in [-0.39, 0.29) is 5.97 Å². The van der Waals surface area contributed by atoms with Crippen molar-refractivity contribution in [2.75, 3.05) is 6.61 Å². The molecule has 0 saturated carbocycles. The number of ether oxygens (including phenoxy) is 1. The summed E-state index contributed by atoms with van der Waals surface area (Å²) in [6.07, 6.45) is 0. The Morgan fingerprint density at radius 1 is 1.13 bits per heavy atom. The monoisotopic (exact) mass is 244 g/mol. The number of hydrogen-bond acceptors (Lipinski definition) is 2. The van der Waals surface area contributed by atoms with E-state index in [2.05, 4.69) is 45.0 Å². The molecule has 0 atom stereocenters. The average molecular weight is 244 g/mol. The normalized spacial score (nSPS) is 13.9. The molecule has 0 aromatic heterocycles. The summed E-state index contributed by atoms with van der Waals surface area (Å²) >= 11 is 0. The number of rotatable bonds is 4. The Morgan fingerprint density at radius 3 is 1.87 bits per heavy atom. The molecule has 0 bridgehead atoms. The van der Waals surface area contributed by atoms with Gasteiger partial charge in [-0.2, -0.15) is 0 Å². The Hall–Kier alpha value is -0.356. The molecule has 0 aromatic carbocycles. The fourth-order valence-corrected chi connectivity index (χ4v) is 5.92. The molecule has 0 aliphatic heterocycles. The van der Waals surface area contributed by atoms with E-state index in [1.54, 1.807) is 0 Å². The van der Waals surface area contributed by atoms with E-state index in [0.717, 1.165) is 5.20 Å². The van der Waals surface area contributed by atoms with Gasteiger partial charge in [-0.3, -0.25) is 0 Å². The zero-order chi connectivity index (χ0) is 12.3. The third-order valence-electron chi connectivity index (χ3n) is 1.88. The molecule has 0 aliphatic rings. The van der Waals surface area contributed by atoms with Gasteiger partial charge in [0.2, 0.25) is 0 Å². The first-order valence-corrected chi connectivity index (χ1v) is 12.6. The first-order valence-electron chi connectivity index (χ1n) is 5.48. The lowest BCUT2D eigenvalue weighted by Crippen LogP contribution is -2.34. The second-order valence-electron chi connectivity index (χ2n) is 5.89. The van der Waals surface area contributed by atoms with Crippen LogP contribution in [0.2, 0.25) is 39.3 Å². The Morgan fingerprint density at radius 2 is 1.60 bits per heavy atom. The molecule has 15 heavy (non-hydrogen) atoms. The molecular weight excluding hydrogens is 220 g/mol. The van der Waals surface area contributed by atoms with E-state index >= 15 is 0 Å². The van der Waals surface area contributed by atoms with Gasteiger partial charge in [0, 0.05) is 5.20 Å². The summed E-state index contributed by atoms with van der Waals surface area (Å²) in [6, 6.07) is 0. The smallest absolute Gasteiger partial charge is 0.329 e. The van der Waals surface area contributed by atoms with Crippen molar-refractivity contribution < 1.29 is 9.53 Å². The van der Waals surface area contributed by atoms with Gasteiger partial charge in [-0.05, 0) is 6.92 Å². The Balaban J connectivity index is 5.09. The molecule has 0 heterocycles. The highest BCUT2D eigenvalue weighted by Crippen LogP contribution is 2.19. The van der Waals surface area contributed by atoms with Crippen molar-refractivity contribution in [1.29, 1.82) is 0 Å². The SMILES string of the molecule is CCOC(=O)/C(=C\[Si](C)(C)C)[Si](C)(C)C. The van der Waals surface area contributed by atoms with E-state index in [9.17, 15) is 4.79 Å². The van der Waals surface area contributed by atoms with Gasteiger partial charge in [0.15, 0.2) is 0 Å². The van der Waals surface area contributed by atoms with Crippen LogP contribution in [0.25, 0.3) is 0 Å². The molecule has 0 amide bonds. The highest BCUT2D eigenvalue weighted by atomic mass is 28.3. The maximum absolute atomic E-state index is 11.8. The van der Waals surface area contributed by atoms with Gasteiger partial charge in [0.05, 0.1) is 22.8 Å². The van der Waals surface area contributed by atoms with Gasteiger partial charge >= 0.3 is 5.97 Å². The third-order valence-corrected chi connectivity index (χ3v) is 5.29. The maximum Gasteiger partial charge on any atom is 0.329 e. The summed E-state index contributed by atoms with van der Waals surface area (Å²) in [7, 11) is -2.93. The highest BCUT2D eigenvalue weighted by Gasteiger charge is 2.28. The summed E-state index contributed by atoms with van der Waals surface area (Å²) in [4.78, 5) is 11.8. The Labute approximate surface area is 95.7 Å². The molecule has 0 N–H and O–H groups in total. The van der Waals surface area contributed by atoms with E-state index in [4.69, 9.17) is 4.74 Å². The van der Waals surface area contributed by atoms with Crippen LogP contribution < -0.4 is 0 Å². The van der Waals surface area contributed by atoms with Crippen LogP contribution in [0.5, 0.6) is 0 Å². The van der Waals surface area contributed by atoms with Crippen molar-refractivity contribution in [2.45, 2.75) is 46.2 Å². The second-order valence-corrected chi connectivity index (χ2v) is 16.0. The number of carbonyl (C=O) groups excluding carboxylic acids is 1. The van der Waals surface area contributed by atoms with Crippen molar-refractivity contribution in [3.05, 3.63) is 10.9 Å². The number of hydrogen-bond donors (Lipinski definition) is 0. The fourth-order valence-electron chi connectivity index (χ4n) is 1.22. The van der Waals surface area contributed by atoms with Crippen LogP contribution >= 0.6 is 0 Å². The van der Waals surface area contributed by atoms with Gasteiger partial charge in [-0.1, -0.05) is 45.0 Å². The van der Waals surface area contributed by atoms with Crippen molar-refractivity contribution >= 4 is 22.1 Å². The maximum atomic E-state index is 11.8. The molecule has 0 fully saturated rings. The minimum Gasteiger partial charge on any atom is -0.463 e. The van der Waals surface area contributed by atoms with Crippen LogP contribution in [0.4, 0.5) is 0 Å². The first-order chi connectivity index (χ1) is 6.58. The minimum atomic E-state index is -1.58. The summed E-state index contributed by atoms with van der Waals surface area (Å²) in [5.74, 6) is -0.0981. The van der Waals surface area contributed by atoms with Gasteiger partial charge in [0.25, 0.3) is 0 Å². The molecule has 2 nitrogen and oxygen atoms in total. The van der Waals surface area contributed by atoms with Crippen LogP contribution in [-0.2, 0) is 9.53 Å². The average Bonchev–Trinajstić information content (AvgIpc) is 1.97. The van der Waals surface area contributed by atoms with Gasteiger partial charge in [-0.15, -0.1) is 0 Å². The second kappa shape index (κ2) is 5.12. The van der Waals surface area contributed by atoms with Crippen molar-refractivity contribution in [3.8, 4) is 0 Å². The molecule has 0 radical (unpaired) electrons. The zero-order valence-electron chi connectivity index (χ0n) is 11.1. The zero-order valence-corrected chi connectivity index (χ0v) is 13.1. The molecule has 0 spiro atoms. The van der Waals surface area contributed by atoms with Crippen LogP contribution in [0.15, 0.2) is 10.9 Å². The Kier molecular flexibility index (Phi) is 5.00. The number of esters is 1. The van der Waals surface area contributed by atoms with Crippen molar-refractivity contribution in [1.82, 2.24) is 0 Å². The molecule has 0 saturated heterocycles. The first kappa shape index (κ1) is 14.6. The summed E-state index contributed by atoms with van der Waals surface area (Å²) < 4.78 is 5.13. The molecule has 0 rings (SSSR count). The minimum absolute atomic E-state index is 0.0981. The molecule has 0 aliphatic carbocycles. The largest absolute Gasteiger partial charge is 0.463 e. The molecular formula is C11H24O2Si2. The van der Waals surface area contributed by atoms with E-state index in [1.165, 1.54) is 0 Å². The van der Waals surface area contributed by atoms with Crippen LogP contribution in [0.1, 0.15) is 6.92 Å². The van der Waals surface area contributed by atoms with Crippen LogP contribution in [0.3, 0.4) is 0 Å².